The molecule has 2 aromatic carbocycles. The van der Waals surface area contributed by atoms with Gasteiger partial charge in [0.1, 0.15) is 5.82 Å². The summed E-state index contributed by atoms with van der Waals surface area (Å²) in [6.07, 6.45) is 0. The van der Waals surface area contributed by atoms with Crippen molar-refractivity contribution in [2.75, 3.05) is 38.6 Å². The number of morpholine rings is 1. The summed E-state index contributed by atoms with van der Waals surface area (Å²) in [4.78, 5) is 15.4. The van der Waals surface area contributed by atoms with Crippen molar-refractivity contribution in [3.8, 4) is 0 Å². The Balaban J connectivity index is 1.59. The lowest BCUT2D eigenvalue weighted by Gasteiger charge is -2.35. The molecule has 1 N–H and O–H groups in total. The molecule has 2 aromatic rings. The Morgan fingerprint density at radius 2 is 1.89 bits per heavy atom. The first-order chi connectivity index (χ1) is 13.5. The number of ether oxygens (including phenoxy) is 1. The highest BCUT2D eigenvalue weighted by Gasteiger charge is 2.23. The minimum atomic E-state index is -0.275. The Bertz CT molecular complexity index is 801. The first-order valence-corrected chi connectivity index (χ1v) is 10.7. The van der Waals surface area contributed by atoms with E-state index in [-0.39, 0.29) is 23.5 Å². The normalized spacial score (nSPS) is 16.0. The molecular formula is C20H21Cl2FN2O2S. The van der Waals surface area contributed by atoms with Crippen LogP contribution in [-0.4, -0.2) is 49.4 Å². The van der Waals surface area contributed by atoms with Crippen LogP contribution >= 0.6 is 35.0 Å². The van der Waals surface area contributed by atoms with Gasteiger partial charge in [0.05, 0.1) is 30.0 Å². The van der Waals surface area contributed by atoms with Gasteiger partial charge in [0, 0.05) is 29.6 Å². The summed E-state index contributed by atoms with van der Waals surface area (Å²) in [5.41, 5.74) is 0.967. The quantitative estimate of drug-likeness (QED) is 0.644. The molecule has 1 atom stereocenters. The minimum absolute atomic E-state index is 0.0341. The molecule has 150 valence electrons. The molecule has 28 heavy (non-hydrogen) atoms. The standard InChI is InChI=1S/C20H21Cl2FN2O2S/c21-15-3-6-17(22)19(11-15)28-13-20(26)24-12-18(25-7-9-27-10-8-25)14-1-4-16(23)5-2-14/h1-6,11,18H,7-10,12-13H2,(H,24,26). The van der Waals surface area contributed by atoms with Gasteiger partial charge in [-0.15, -0.1) is 11.8 Å². The molecule has 0 saturated carbocycles. The highest BCUT2D eigenvalue weighted by Crippen LogP contribution is 2.29. The Hall–Kier alpha value is -1.31. The van der Waals surface area contributed by atoms with Gasteiger partial charge in [0.15, 0.2) is 0 Å². The van der Waals surface area contributed by atoms with Crippen molar-refractivity contribution in [1.29, 1.82) is 0 Å². The molecule has 0 aromatic heterocycles. The van der Waals surface area contributed by atoms with Crippen LogP contribution in [0.1, 0.15) is 11.6 Å². The Morgan fingerprint density at radius 3 is 2.61 bits per heavy atom. The van der Waals surface area contributed by atoms with Gasteiger partial charge >= 0.3 is 0 Å². The second-order valence-corrected chi connectivity index (χ2v) is 8.24. The van der Waals surface area contributed by atoms with Crippen molar-refractivity contribution in [1.82, 2.24) is 10.2 Å². The lowest BCUT2D eigenvalue weighted by atomic mass is 10.0. The number of nitrogens with one attached hydrogen (secondary N) is 1. The molecule has 8 heteroatoms. The molecule has 1 amide bonds. The van der Waals surface area contributed by atoms with Crippen LogP contribution in [0.3, 0.4) is 0 Å². The molecule has 0 radical (unpaired) electrons. The van der Waals surface area contributed by atoms with E-state index in [4.69, 9.17) is 27.9 Å². The van der Waals surface area contributed by atoms with Gasteiger partial charge in [-0.05, 0) is 35.9 Å². The SMILES string of the molecule is O=C(CSc1cc(Cl)ccc1Cl)NCC(c1ccc(F)cc1)N1CCOCC1. The molecule has 4 nitrogen and oxygen atoms in total. The predicted octanol–water partition coefficient (Wildman–Crippen LogP) is 4.41. The third-order valence-corrected chi connectivity index (χ3v) is 6.22. The monoisotopic (exact) mass is 442 g/mol. The zero-order valence-corrected chi connectivity index (χ0v) is 17.5. The fourth-order valence-electron chi connectivity index (χ4n) is 3.02. The van der Waals surface area contributed by atoms with Crippen LogP contribution in [0.15, 0.2) is 47.4 Å². The molecule has 3 rings (SSSR count). The highest BCUT2D eigenvalue weighted by atomic mass is 35.5. The average Bonchev–Trinajstić information content (AvgIpc) is 2.71. The topological polar surface area (TPSA) is 41.6 Å². The van der Waals surface area contributed by atoms with Crippen molar-refractivity contribution >= 4 is 40.9 Å². The number of rotatable bonds is 7. The van der Waals surface area contributed by atoms with Crippen LogP contribution in [0.5, 0.6) is 0 Å². The Morgan fingerprint density at radius 1 is 1.18 bits per heavy atom. The molecule has 1 saturated heterocycles. The van der Waals surface area contributed by atoms with Gasteiger partial charge in [-0.25, -0.2) is 4.39 Å². The molecule has 0 spiro atoms. The largest absolute Gasteiger partial charge is 0.379 e. The maximum absolute atomic E-state index is 13.3. The highest BCUT2D eigenvalue weighted by molar-refractivity contribution is 8.00. The first kappa shape index (κ1) is 21.4. The van der Waals surface area contributed by atoms with Gasteiger partial charge in [-0.3, -0.25) is 9.69 Å². The Kier molecular flexibility index (Phi) is 8.00. The maximum Gasteiger partial charge on any atom is 0.230 e. The number of carbonyl (C=O) groups excluding carboxylic acids is 1. The average molecular weight is 443 g/mol. The molecule has 1 heterocycles. The van der Waals surface area contributed by atoms with Crippen molar-refractivity contribution < 1.29 is 13.9 Å². The zero-order chi connectivity index (χ0) is 19.9. The number of hydrogen-bond acceptors (Lipinski definition) is 4. The molecule has 1 aliphatic rings. The number of nitrogens with zero attached hydrogens (tertiary/aromatic N) is 1. The van der Waals surface area contributed by atoms with E-state index in [1.165, 1.54) is 23.9 Å². The summed E-state index contributed by atoms with van der Waals surface area (Å²) in [7, 11) is 0. The third kappa shape index (κ3) is 6.09. The lowest BCUT2D eigenvalue weighted by Crippen LogP contribution is -2.44. The smallest absolute Gasteiger partial charge is 0.230 e. The second-order valence-electron chi connectivity index (χ2n) is 6.38. The number of hydrogen-bond donors (Lipinski definition) is 1. The van der Waals surface area contributed by atoms with E-state index in [2.05, 4.69) is 10.2 Å². The molecular weight excluding hydrogens is 422 g/mol. The Labute approximate surface area is 178 Å². The summed E-state index contributed by atoms with van der Waals surface area (Å²) in [5.74, 6) is -0.135. The lowest BCUT2D eigenvalue weighted by molar-refractivity contribution is -0.118. The number of amides is 1. The molecule has 0 bridgehead atoms. The van der Waals surface area contributed by atoms with E-state index in [1.54, 1.807) is 30.3 Å². The fourth-order valence-corrected chi connectivity index (χ4v) is 4.35. The zero-order valence-electron chi connectivity index (χ0n) is 15.2. The van der Waals surface area contributed by atoms with Crippen LogP contribution in [0.25, 0.3) is 0 Å². The van der Waals surface area contributed by atoms with Crippen molar-refractivity contribution in [2.45, 2.75) is 10.9 Å². The summed E-state index contributed by atoms with van der Waals surface area (Å²) in [6, 6.07) is 11.6. The number of halogens is 3. The summed E-state index contributed by atoms with van der Waals surface area (Å²) < 4.78 is 18.7. The number of carbonyl (C=O) groups is 1. The van der Waals surface area contributed by atoms with Gasteiger partial charge < -0.3 is 10.1 Å². The molecule has 1 aliphatic heterocycles. The van der Waals surface area contributed by atoms with Crippen LogP contribution in [0.4, 0.5) is 4.39 Å². The van der Waals surface area contributed by atoms with Gasteiger partial charge in [-0.2, -0.15) is 0 Å². The first-order valence-electron chi connectivity index (χ1n) is 8.95. The molecule has 1 unspecified atom stereocenters. The van der Waals surface area contributed by atoms with Crippen molar-refractivity contribution in [3.05, 3.63) is 63.9 Å². The maximum atomic E-state index is 13.3. The van der Waals surface area contributed by atoms with E-state index in [0.717, 1.165) is 23.5 Å². The summed E-state index contributed by atoms with van der Waals surface area (Å²) in [5, 5.41) is 4.13. The van der Waals surface area contributed by atoms with Gasteiger partial charge in [-0.1, -0.05) is 35.3 Å². The van der Waals surface area contributed by atoms with Crippen molar-refractivity contribution in [3.63, 3.8) is 0 Å². The van der Waals surface area contributed by atoms with Crippen LogP contribution in [-0.2, 0) is 9.53 Å². The van der Waals surface area contributed by atoms with Crippen LogP contribution in [0.2, 0.25) is 10.0 Å². The third-order valence-electron chi connectivity index (χ3n) is 4.49. The second kappa shape index (κ2) is 10.5. The van der Waals surface area contributed by atoms with E-state index >= 15 is 0 Å². The van der Waals surface area contributed by atoms with Crippen LogP contribution in [0, 0.1) is 5.82 Å². The van der Waals surface area contributed by atoms with Gasteiger partial charge in [0.25, 0.3) is 0 Å². The summed E-state index contributed by atoms with van der Waals surface area (Å²) >= 11 is 13.5. The van der Waals surface area contributed by atoms with E-state index < -0.39 is 0 Å². The van der Waals surface area contributed by atoms with E-state index in [9.17, 15) is 9.18 Å². The van der Waals surface area contributed by atoms with Crippen LogP contribution < -0.4 is 5.32 Å². The van der Waals surface area contributed by atoms with Gasteiger partial charge in [0.2, 0.25) is 5.91 Å². The number of benzene rings is 2. The fraction of sp³-hybridized carbons (Fsp3) is 0.350. The molecule has 0 aliphatic carbocycles. The van der Waals surface area contributed by atoms with Crippen molar-refractivity contribution in [2.24, 2.45) is 0 Å². The number of thioether (sulfide) groups is 1. The molecule has 1 fully saturated rings. The minimum Gasteiger partial charge on any atom is -0.379 e. The van der Waals surface area contributed by atoms with E-state index in [1.807, 2.05) is 0 Å². The summed E-state index contributed by atoms with van der Waals surface area (Å²) in [6.45, 7) is 3.27. The predicted molar refractivity (Wildman–Crippen MR) is 112 cm³/mol. The van der Waals surface area contributed by atoms with E-state index in [0.29, 0.717) is 29.8 Å².